The first-order valence-corrected chi connectivity index (χ1v) is 21.7. The minimum atomic E-state index is -0.356. The number of rotatable bonds is 9. The molecule has 4 amide bonds. The Morgan fingerprint density at radius 1 is 0.885 bits per heavy atom. The Labute approximate surface area is 356 Å². The molecular formula is C47H55N9O5. The molecule has 318 valence electrons. The normalized spacial score (nSPS) is 21.0. The number of carbonyl (C=O) groups is 3. The molecule has 0 aliphatic carbocycles. The number of nitrogens with two attached hydrogens (primary N) is 1. The molecule has 5 aromatic rings. The third-order valence-corrected chi connectivity index (χ3v) is 13.4. The Kier molecular flexibility index (Phi) is 11.4. The summed E-state index contributed by atoms with van der Waals surface area (Å²) < 4.78 is 8.34. The van der Waals surface area contributed by atoms with E-state index in [1.807, 2.05) is 47.4 Å². The highest BCUT2D eigenvalue weighted by Gasteiger charge is 2.33. The monoisotopic (exact) mass is 825 g/mol. The number of aryl methyl sites for hydroxylation is 1. The smallest absolute Gasteiger partial charge is 0.328 e. The number of aromatic nitrogens is 3. The maximum absolute atomic E-state index is 13.7. The Morgan fingerprint density at radius 3 is 2.39 bits per heavy atom. The summed E-state index contributed by atoms with van der Waals surface area (Å²) in [7, 11) is 1.73. The number of phenols is 1. The van der Waals surface area contributed by atoms with Gasteiger partial charge in [0.1, 0.15) is 5.75 Å². The summed E-state index contributed by atoms with van der Waals surface area (Å²) in [5.74, 6) is 1.02. The van der Waals surface area contributed by atoms with E-state index >= 15 is 0 Å². The number of aromatic hydroxyl groups is 1. The zero-order valence-electron chi connectivity index (χ0n) is 35.0. The SMILES string of the molecule is CO[C@@H]1C[C@H](c2ccc(C(=O)N3CCC(CN4CCC(n5c(C)cc6c(N7CCC(=O)NC7=O)cccc65)CC4)CC3)cc2)CN(c2cc(-c3ccccc3O)nnc2N)C1. The molecule has 4 N–H and O–H groups in total. The van der Waals surface area contributed by atoms with Gasteiger partial charge in [-0.05, 0) is 99.0 Å². The van der Waals surface area contributed by atoms with Gasteiger partial charge in [0.2, 0.25) is 5.91 Å². The number of ether oxygens (including phenoxy) is 1. The fourth-order valence-electron chi connectivity index (χ4n) is 10.1. The number of imide groups is 1. The first-order valence-electron chi connectivity index (χ1n) is 21.7. The van der Waals surface area contributed by atoms with Gasteiger partial charge in [-0.25, -0.2) is 4.79 Å². The molecule has 0 unspecified atom stereocenters. The molecule has 0 spiro atoms. The molecule has 9 rings (SSSR count). The van der Waals surface area contributed by atoms with Gasteiger partial charge in [0, 0.05) is 100 Å². The van der Waals surface area contributed by atoms with Gasteiger partial charge in [-0.1, -0.05) is 30.3 Å². The Balaban J connectivity index is 0.778. The van der Waals surface area contributed by atoms with Crippen LogP contribution in [-0.2, 0) is 9.53 Å². The average Bonchev–Trinajstić information content (AvgIpc) is 3.63. The molecule has 0 radical (unpaired) electrons. The van der Waals surface area contributed by atoms with Gasteiger partial charge in [0.05, 0.1) is 28.7 Å². The number of likely N-dealkylation sites (tertiary alicyclic amines) is 2. The number of piperidine rings is 3. The van der Waals surface area contributed by atoms with E-state index < -0.39 is 0 Å². The van der Waals surface area contributed by atoms with Crippen LogP contribution in [0.3, 0.4) is 0 Å². The van der Waals surface area contributed by atoms with Crippen LogP contribution in [-0.4, -0.2) is 113 Å². The first kappa shape index (κ1) is 40.4. The van der Waals surface area contributed by atoms with E-state index in [4.69, 9.17) is 10.5 Å². The summed E-state index contributed by atoms with van der Waals surface area (Å²) in [6, 6.07) is 25.4. The van der Waals surface area contributed by atoms with E-state index in [1.54, 1.807) is 24.1 Å². The molecule has 2 atom stereocenters. The number of hydrogen-bond donors (Lipinski definition) is 3. The molecule has 4 aliphatic rings. The van der Waals surface area contributed by atoms with Crippen LogP contribution in [0.5, 0.6) is 5.75 Å². The molecule has 0 bridgehead atoms. The zero-order chi connectivity index (χ0) is 42.2. The highest BCUT2D eigenvalue weighted by atomic mass is 16.5. The zero-order valence-corrected chi connectivity index (χ0v) is 35.0. The van der Waals surface area contributed by atoms with Gasteiger partial charge < -0.3 is 34.8 Å². The summed E-state index contributed by atoms with van der Waals surface area (Å²) >= 11 is 0. The summed E-state index contributed by atoms with van der Waals surface area (Å²) in [4.78, 5) is 46.7. The lowest BCUT2D eigenvalue weighted by Crippen LogP contribution is -2.49. The van der Waals surface area contributed by atoms with Crippen molar-refractivity contribution in [3.05, 3.63) is 95.7 Å². The van der Waals surface area contributed by atoms with Gasteiger partial charge in [-0.2, -0.15) is 0 Å². The van der Waals surface area contributed by atoms with E-state index in [0.29, 0.717) is 60.7 Å². The molecular weight excluding hydrogens is 771 g/mol. The van der Waals surface area contributed by atoms with Crippen LogP contribution in [0.25, 0.3) is 22.2 Å². The van der Waals surface area contributed by atoms with Gasteiger partial charge in [0.25, 0.3) is 5.91 Å². The predicted molar refractivity (Wildman–Crippen MR) is 236 cm³/mol. The highest BCUT2D eigenvalue weighted by molar-refractivity contribution is 6.09. The molecule has 4 aliphatic heterocycles. The van der Waals surface area contributed by atoms with E-state index in [0.717, 1.165) is 92.7 Å². The average molecular weight is 826 g/mol. The molecule has 14 heteroatoms. The topological polar surface area (TPSA) is 162 Å². The number of fused-ring (bicyclic) bond motifs is 1. The fourth-order valence-corrected chi connectivity index (χ4v) is 10.1. The number of methoxy groups -OCH3 is 1. The number of nitrogens with zero attached hydrogens (tertiary/aromatic N) is 7. The second kappa shape index (κ2) is 17.2. The minimum absolute atomic E-state index is 0.0293. The van der Waals surface area contributed by atoms with Crippen molar-refractivity contribution >= 4 is 45.9 Å². The van der Waals surface area contributed by atoms with Crippen molar-refractivity contribution < 1.29 is 24.2 Å². The maximum atomic E-state index is 13.7. The van der Waals surface area contributed by atoms with Gasteiger partial charge in [-0.15, -0.1) is 10.2 Å². The molecule has 0 saturated carbocycles. The lowest BCUT2D eigenvalue weighted by atomic mass is 9.88. The van der Waals surface area contributed by atoms with Crippen LogP contribution in [0.4, 0.5) is 22.0 Å². The van der Waals surface area contributed by atoms with E-state index in [9.17, 15) is 19.5 Å². The fraction of sp³-hybridized carbons (Fsp3) is 0.426. The van der Waals surface area contributed by atoms with E-state index in [1.165, 1.54) is 5.69 Å². The van der Waals surface area contributed by atoms with Crippen LogP contribution in [0.1, 0.15) is 72.1 Å². The second-order valence-electron chi connectivity index (χ2n) is 17.2. The molecule has 2 aromatic heterocycles. The number of para-hydroxylation sites is 1. The summed E-state index contributed by atoms with van der Waals surface area (Å²) in [6.07, 6.45) is 5.22. The molecule has 14 nitrogen and oxygen atoms in total. The number of urea groups is 1. The molecule has 6 heterocycles. The number of hydrogen-bond acceptors (Lipinski definition) is 10. The lowest BCUT2D eigenvalue weighted by Gasteiger charge is -2.39. The Morgan fingerprint density at radius 2 is 1.66 bits per heavy atom. The molecule has 4 saturated heterocycles. The number of nitrogens with one attached hydrogen (secondary N) is 1. The summed E-state index contributed by atoms with van der Waals surface area (Å²) in [6.45, 7) is 8.52. The van der Waals surface area contributed by atoms with Crippen LogP contribution >= 0.6 is 0 Å². The largest absolute Gasteiger partial charge is 0.507 e. The molecule has 3 aromatic carbocycles. The number of amides is 4. The molecule has 4 fully saturated rings. The van der Waals surface area contributed by atoms with Gasteiger partial charge in [0.15, 0.2) is 5.82 Å². The first-order chi connectivity index (χ1) is 29.6. The van der Waals surface area contributed by atoms with Crippen molar-refractivity contribution in [3.63, 3.8) is 0 Å². The van der Waals surface area contributed by atoms with Crippen molar-refractivity contribution in [2.75, 3.05) is 75.0 Å². The van der Waals surface area contributed by atoms with E-state index in [2.05, 4.69) is 61.1 Å². The number of anilines is 3. The number of phenolic OH excluding ortho intramolecular Hbond substituents is 1. The predicted octanol–water partition coefficient (Wildman–Crippen LogP) is 6.34. The van der Waals surface area contributed by atoms with Crippen LogP contribution in [0.2, 0.25) is 0 Å². The third-order valence-electron chi connectivity index (χ3n) is 13.4. The van der Waals surface area contributed by atoms with Crippen molar-refractivity contribution in [3.8, 4) is 17.0 Å². The van der Waals surface area contributed by atoms with Crippen LogP contribution in [0.15, 0.2) is 78.9 Å². The Bertz CT molecular complexity index is 2420. The van der Waals surface area contributed by atoms with Crippen LogP contribution < -0.4 is 20.9 Å². The van der Waals surface area contributed by atoms with Gasteiger partial charge >= 0.3 is 6.03 Å². The minimum Gasteiger partial charge on any atom is -0.507 e. The second-order valence-corrected chi connectivity index (χ2v) is 17.2. The highest BCUT2D eigenvalue weighted by Crippen LogP contribution is 2.38. The number of benzene rings is 3. The maximum Gasteiger partial charge on any atom is 0.328 e. The lowest BCUT2D eigenvalue weighted by molar-refractivity contribution is -0.120. The Hall–Kier alpha value is -5.99. The van der Waals surface area contributed by atoms with Gasteiger partial charge in [-0.3, -0.25) is 19.8 Å². The van der Waals surface area contributed by atoms with Crippen molar-refractivity contribution in [1.29, 1.82) is 0 Å². The quantitative estimate of drug-likeness (QED) is 0.153. The van der Waals surface area contributed by atoms with E-state index in [-0.39, 0.29) is 35.6 Å². The number of carbonyl (C=O) groups excluding carboxylic acids is 3. The summed E-state index contributed by atoms with van der Waals surface area (Å²) in [5, 5.41) is 22.5. The molecule has 61 heavy (non-hydrogen) atoms. The third kappa shape index (κ3) is 8.26. The number of nitrogen functional groups attached to an aromatic ring is 1. The van der Waals surface area contributed by atoms with Crippen molar-refractivity contribution in [1.82, 2.24) is 29.9 Å². The standard InChI is InChI=1S/C47H55N9O5/c1-30-24-38-40(55-23-18-44(58)49-47(55)60)7-5-8-41(38)56(30)35-16-19-52(20-17-35)27-31-14-21-53(22-15-31)46(59)33-12-10-32(11-13-33)34-25-36(61-2)29-54(28-34)42-26-39(50-51-45(42)48)37-6-3-4-9-43(37)57/h3-13,24,26,31,34-36,57H,14-23,25,27-29H2,1-2H3,(H2,48,51)(H,49,58,60)/t34-,36+/m0/s1. The summed E-state index contributed by atoms with van der Waals surface area (Å²) in [5.41, 5.74) is 13.3. The van der Waals surface area contributed by atoms with Crippen LogP contribution in [0, 0.1) is 12.8 Å². The van der Waals surface area contributed by atoms with Crippen molar-refractivity contribution in [2.45, 2.75) is 63.5 Å². The van der Waals surface area contributed by atoms with Crippen molar-refractivity contribution in [2.24, 2.45) is 5.92 Å².